The number of ether oxygens (including phenoxy) is 1. The summed E-state index contributed by atoms with van der Waals surface area (Å²) < 4.78 is 11.7. The lowest BCUT2D eigenvalue weighted by atomic mass is 10.2. The Morgan fingerprint density at radius 3 is 2.92 bits per heavy atom. The molecule has 0 N–H and O–H groups in total. The number of hydrogen-bond donors (Lipinski definition) is 0. The molecule has 2 aromatic heterocycles. The van der Waals surface area contributed by atoms with Gasteiger partial charge in [-0.05, 0) is 19.1 Å². The molecule has 1 aliphatic rings. The summed E-state index contributed by atoms with van der Waals surface area (Å²) in [5.41, 5.74) is 1.98. The zero-order valence-electron chi connectivity index (χ0n) is 13.4. The summed E-state index contributed by atoms with van der Waals surface area (Å²) >= 11 is 1.65. The molecule has 1 aromatic carbocycles. The molecule has 124 valence electrons. The maximum absolute atomic E-state index is 5.86. The van der Waals surface area contributed by atoms with E-state index < -0.39 is 0 Å². The summed E-state index contributed by atoms with van der Waals surface area (Å²) in [6.45, 7) is 4.96. The van der Waals surface area contributed by atoms with E-state index in [1.54, 1.807) is 11.3 Å². The Balaban J connectivity index is 1.43. The number of morpholine rings is 1. The molecular weight excluding hydrogens is 324 g/mol. The van der Waals surface area contributed by atoms with Crippen molar-refractivity contribution in [2.24, 2.45) is 0 Å². The van der Waals surface area contributed by atoms with Crippen molar-refractivity contribution in [1.82, 2.24) is 20.1 Å². The third-order valence-electron chi connectivity index (χ3n) is 3.91. The summed E-state index contributed by atoms with van der Waals surface area (Å²) in [5, 5.41) is 11.4. The highest BCUT2D eigenvalue weighted by Gasteiger charge is 2.25. The lowest BCUT2D eigenvalue weighted by molar-refractivity contribution is -0.0352. The molecule has 6 nitrogen and oxygen atoms in total. The van der Waals surface area contributed by atoms with E-state index in [4.69, 9.17) is 9.15 Å². The number of rotatable bonds is 4. The maximum Gasteiger partial charge on any atom is 0.247 e. The smallest absolute Gasteiger partial charge is 0.247 e. The van der Waals surface area contributed by atoms with E-state index in [1.165, 1.54) is 0 Å². The lowest BCUT2D eigenvalue weighted by Gasteiger charge is -2.30. The van der Waals surface area contributed by atoms with Gasteiger partial charge >= 0.3 is 0 Å². The fourth-order valence-corrected chi connectivity index (χ4v) is 3.56. The van der Waals surface area contributed by atoms with E-state index in [1.807, 2.05) is 37.3 Å². The first-order chi connectivity index (χ1) is 11.8. The van der Waals surface area contributed by atoms with Crippen LogP contribution in [-0.4, -0.2) is 39.8 Å². The second-order valence-electron chi connectivity index (χ2n) is 5.79. The van der Waals surface area contributed by atoms with Crippen LogP contribution in [0.25, 0.3) is 11.5 Å². The van der Waals surface area contributed by atoms with E-state index in [0.29, 0.717) is 24.9 Å². The molecule has 0 aliphatic carbocycles. The highest BCUT2D eigenvalue weighted by atomic mass is 32.1. The van der Waals surface area contributed by atoms with Gasteiger partial charge in [0.1, 0.15) is 11.1 Å². The number of thiazole rings is 1. The second-order valence-corrected chi connectivity index (χ2v) is 6.68. The number of nitrogens with zero attached hydrogens (tertiary/aromatic N) is 4. The van der Waals surface area contributed by atoms with Crippen LogP contribution in [0.2, 0.25) is 0 Å². The third kappa shape index (κ3) is 3.38. The predicted octanol–water partition coefficient (Wildman–Crippen LogP) is 3.08. The van der Waals surface area contributed by atoms with Gasteiger partial charge in [-0.1, -0.05) is 18.2 Å². The van der Waals surface area contributed by atoms with E-state index in [-0.39, 0.29) is 6.10 Å². The summed E-state index contributed by atoms with van der Waals surface area (Å²) in [5.74, 6) is 1.19. The van der Waals surface area contributed by atoms with Crippen molar-refractivity contribution in [2.45, 2.75) is 19.6 Å². The monoisotopic (exact) mass is 342 g/mol. The Kier molecular flexibility index (Phi) is 4.38. The van der Waals surface area contributed by atoms with E-state index >= 15 is 0 Å². The fraction of sp³-hybridized carbons (Fsp3) is 0.353. The fourth-order valence-electron chi connectivity index (χ4n) is 2.72. The van der Waals surface area contributed by atoms with Gasteiger partial charge in [-0.25, -0.2) is 4.98 Å². The molecule has 0 saturated carbocycles. The van der Waals surface area contributed by atoms with Crippen LogP contribution in [0.3, 0.4) is 0 Å². The first kappa shape index (κ1) is 15.4. The van der Waals surface area contributed by atoms with Gasteiger partial charge in [0, 0.05) is 29.7 Å². The summed E-state index contributed by atoms with van der Waals surface area (Å²) in [4.78, 5) is 6.81. The van der Waals surface area contributed by atoms with Gasteiger partial charge in [0.2, 0.25) is 11.8 Å². The number of benzene rings is 1. The number of aryl methyl sites for hydroxylation is 1. The minimum atomic E-state index is 0.0222. The van der Waals surface area contributed by atoms with Crippen molar-refractivity contribution in [3.63, 3.8) is 0 Å². The zero-order valence-corrected chi connectivity index (χ0v) is 14.2. The SMILES string of the molecule is Cc1csc([C@@H]2CN(Cc3nnc(-c4ccccc4)o3)CCO2)n1. The van der Waals surface area contributed by atoms with E-state index in [0.717, 1.165) is 29.4 Å². The molecule has 1 saturated heterocycles. The van der Waals surface area contributed by atoms with Crippen molar-refractivity contribution < 1.29 is 9.15 Å². The van der Waals surface area contributed by atoms with Crippen LogP contribution in [0.15, 0.2) is 40.1 Å². The topological polar surface area (TPSA) is 64.3 Å². The highest BCUT2D eigenvalue weighted by Crippen LogP contribution is 2.26. The molecule has 0 radical (unpaired) electrons. The molecule has 1 aliphatic heterocycles. The summed E-state index contributed by atoms with van der Waals surface area (Å²) in [7, 11) is 0. The van der Waals surface area contributed by atoms with Crippen molar-refractivity contribution in [3.8, 4) is 11.5 Å². The third-order valence-corrected chi connectivity index (χ3v) is 4.96. The molecule has 4 rings (SSSR count). The highest BCUT2D eigenvalue weighted by molar-refractivity contribution is 7.09. The van der Waals surface area contributed by atoms with Gasteiger partial charge in [0.15, 0.2) is 0 Å². The number of aromatic nitrogens is 3. The first-order valence-corrected chi connectivity index (χ1v) is 8.80. The van der Waals surface area contributed by atoms with E-state index in [2.05, 4.69) is 25.5 Å². The maximum atomic E-state index is 5.86. The van der Waals surface area contributed by atoms with Crippen LogP contribution >= 0.6 is 11.3 Å². The van der Waals surface area contributed by atoms with Gasteiger partial charge < -0.3 is 9.15 Å². The Hall–Kier alpha value is -2.09. The van der Waals surface area contributed by atoms with Gasteiger partial charge in [-0.2, -0.15) is 0 Å². The van der Waals surface area contributed by atoms with Gasteiger partial charge in [-0.15, -0.1) is 21.5 Å². The molecule has 1 atom stereocenters. The molecule has 3 aromatic rings. The van der Waals surface area contributed by atoms with Crippen LogP contribution in [0.4, 0.5) is 0 Å². The summed E-state index contributed by atoms with van der Waals surface area (Å²) in [6.07, 6.45) is 0.0222. The zero-order chi connectivity index (χ0) is 16.4. The Bertz CT molecular complexity index is 802. The lowest BCUT2D eigenvalue weighted by Crippen LogP contribution is -2.37. The molecule has 24 heavy (non-hydrogen) atoms. The minimum Gasteiger partial charge on any atom is -0.419 e. The molecule has 0 unspecified atom stereocenters. The Labute approximate surface area is 144 Å². The largest absolute Gasteiger partial charge is 0.419 e. The van der Waals surface area contributed by atoms with Crippen LogP contribution < -0.4 is 0 Å². The second kappa shape index (κ2) is 6.80. The van der Waals surface area contributed by atoms with Crippen LogP contribution in [0.1, 0.15) is 22.7 Å². The van der Waals surface area contributed by atoms with Crippen LogP contribution in [0, 0.1) is 6.92 Å². The molecule has 0 spiro atoms. The molecule has 7 heteroatoms. The molecule has 0 amide bonds. The normalized spacial score (nSPS) is 18.8. The van der Waals surface area contributed by atoms with E-state index in [9.17, 15) is 0 Å². The average molecular weight is 342 g/mol. The Morgan fingerprint density at radius 1 is 1.25 bits per heavy atom. The molecule has 1 fully saturated rings. The first-order valence-electron chi connectivity index (χ1n) is 7.92. The molecular formula is C17H18N4O2S. The molecule has 3 heterocycles. The van der Waals surface area contributed by atoms with Crippen molar-refractivity contribution in [2.75, 3.05) is 19.7 Å². The standard InChI is InChI=1S/C17H18N4O2S/c1-12-11-24-17(18-12)14-9-21(7-8-22-14)10-15-19-20-16(23-15)13-5-3-2-4-6-13/h2-6,11,14H,7-10H2,1H3/t14-/m0/s1. The van der Waals surface area contributed by atoms with Crippen LogP contribution in [-0.2, 0) is 11.3 Å². The average Bonchev–Trinajstić information content (AvgIpc) is 3.25. The van der Waals surface area contributed by atoms with Crippen molar-refractivity contribution in [3.05, 3.63) is 52.3 Å². The minimum absolute atomic E-state index is 0.0222. The van der Waals surface area contributed by atoms with Crippen LogP contribution in [0.5, 0.6) is 0 Å². The van der Waals surface area contributed by atoms with Crippen molar-refractivity contribution >= 4 is 11.3 Å². The molecule has 0 bridgehead atoms. The quantitative estimate of drug-likeness (QED) is 0.726. The predicted molar refractivity (Wildman–Crippen MR) is 90.6 cm³/mol. The Morgan fingerprint density at radius 2 is 2.12 bits per heavy atom. The van der Waals surface area contributed by atoms with Crippen molar-refractivity contribution in [1.29, 1.82) is 0 Å². The number of hydrogen-bond acceptors (Lipinski definition) is 7. The van der Waals surface area contributed by atoms with Gasteiger partial charge in [0.25, 0.3) is 0 Å². The van der Waals surface area contributed by atoms with Gasteiger partial charge in [0.05, 0.1) is 13.2 Å². The van der Waals surface area contributed by atoms with Gasteiger partial charge in [-0.3, -0.25) is 4.90 Å². The summed E-state index contributed by atoms with van der Waals surface area (Å²) in [6, 6.07) is 9.82.